The van der Waals surface area contributed by atoms with E-state index in [0.29, 0.717) is 0 Å². The molecule has 2 rings (SSSR count). The zero-order valence-corrected chi connectivity index (χ0v) is 17.1. The number of aromatic carboxylic acids is 1. The number of rotatable bonds is 7. The van der Waals surface area contributed by atoms with Crippen molar-refractivity contribution < 1.29 is 48.0 Å². The second kappa shape index (κ2) is 9.97. The number of amides is 1. The Bertz CT molecular complexity index is 869. The molecular weight excluding hydrogens is 420 g/mol. The molecule has 1 aliphatic heterocycles. The lowest BCUT2D eigenvalue weighted by molar-refractivity contribution is -0.239. The predicted octanol–water partition coefficient (Wildman–Crippen LogP) is -1.20. The third-order valence-corrected chi connectivity index (χ3v) is 4.08. The van der Waals surface area contributed by atoms with E-state index in [0.717, 1.165) is 31.6 Å². The van der Waals surface area contributed by atoms with Gasteiger partial charge in [-0.25, -0.2) is 9.48 Å². The number of carbonyl (C=O) groups is 5. The topological polar surface area (TPSA) is 185 Å². The van der Waals surface area contributed by atoms with Gasteiger partial charge in [0.25, 0.3) is 0 Å². The minimum atomic E-state index is -1.36. The van der Waals surface area contributed by atoms with E-state index < -0.39 is 72.7 Å². The molecule has 5 atom stereocenters. The van der Waals surface area contributed by atoms with Crippen LogP contribution in [0.1, 0.15) is 44.4 Å². The first kappa shape index (κ1) is 23.7. The number of carboxylic acids is 1. The lowest BCUT2D eigenvalue weighted by Crippen LogP contribution is -2.64. The molecule has 0 unspecified atom stereocenters. The van der Waals surface area contributed by atoms with Crippen LogP contribution in [0.4, 0.5) is 0 Å². The zero-order valence-electron chi connectivity index (χ0n) is 17.1. The average molecular weight is 442 g/mol. The second-order valence-corrected chi connectivity index (χ2v) is 6.63. The van der Waals surface area contributed by atoms with Crippen molar-refractivity contribution in [2.24, 2.45) is 0 Å². The summed E-state index contributed by atoms with van der Waals surface area (Å²) in [6, 6.07) is -1.16. The highest BCUT2D eigenvalue weighted by atomic mass is 16.6. The number of nitrogens with zero attached hydrogens (tertiary/aromatic N) is 3. The third kappa shape index (κ3) is 6.21. The highest BCUT2D eigenvalue weighted by molar-refractivity contribution is 5.84. The fourth-order valence-electron chi connectivity index (χ4n) is 3.03. The normalized spacial score (nSPS) is 25.2. The lowest BCUT2D eigenvalue weighted by atomic mass is 9.95. The Kier molecular flexibility index (Phi) is 7.63. The fraction of sp³-hybridized carbons (Fsp3) is 0.588. The average Bonchev–Trinajstić information content (AvgIpc) is 3.12. The first-order chi connectivity index (χ1) is 14.5. The van der Waals surface area contributed by atoms with E-state index in [4.69, 9.17) is 24.1 Å². The molecule has 31 heavy (non-hydrogen) atoms. The Morgan fingerprint density at radius 1 is 1.06 bits per heavy atom. The standard InChI is InChI=1S/C17H22N4O10/c1-7(22)18-13-15(30-10(4)25)14(29-9(3)24)12(6-28-8(2)23)31-16(13)21-5-11(17(26)27)19-20-21/h5,12-16H,6H2,1-4H3,(H,18,22)(H,26,27)/t12-,13-,14-,15-,16-/m1/s1. The Balaban J connectivity index is 2.53. The first-order valence-corrected chi connectivity index (χ1v) is 9.05. The van der Waals surface area contributed by atoms with Crippen molar-refractivity contribution in [2.75, 3.05) is 6.61 Å². The molecule has 1 aromatic rings. The summed E-state index contributed by atoms with van der Waals surface area (Å²) >= 11 is 0. The highest BCUT2D eigenvalue weighted by Gasteiger charge is 2.51. The van der Waals surface area contributed by atoms with Crippen molar-refractivity contribution in [2.45, 2.75) is 58.3 Å². The van der Waals surface area contributed by atoms with Crippen LogP contribution in [0.15, 0.2) is 6.20 Å². The summed E-state index contributed by atoms with van der Waals surface area (Å²) in [6.07, 6.45) is -3.91. The minimum Gasteiger partial charge on any atom is -0.476 e. The van der Waals surface area contributed by atoms with E-state index in [1.165, 1.54) is 6.92 Å². The molecule has 0 saturated carbocycles. The number of hydrogen-bond acceptors (Lipinski definition) is 11. The molecule has 0 aliphatic carbocycles. The molecule has 14 heteroatoms. The smallest absolute Gasteiger partial charge is 0.358 e. The predicted molar refractivity (Wildman–Crippen MR) is 96.2 cm³/mol. The monoisotopic (exact) mass is 442 g/mol. The first-order valence-electron chi connectivity index (χ1n) is 9.05. The van der Waals surface area contributed by atoms with Crippen LogP contribution < -0.4 is 5.32 Å². The largest absolute Gasteiger partial charge is 0.476 e. The van der Waals surface area contributed by atoms with Gasteiger partial charge in [0.15, 0.2) is 24.1 Å². The molecule has 2 N–H and O–H groups in total. The van der Waals surface area contributed by atoms with Gasteiger partial charge in [-0.05, 0) is 0 Å². The van der Waals surface area contributed by atoms with Gasteiger partial charge >= 0.3 is 23.9 Å². The van der Waals surface area contributed by atoms with Crippen molar-refractivity contribution in [1.29, 1.82) is 0 Å². The molecule has 0 aromatic carbocycles. The lowest BCUT2D eigenvalue weighted by Gasteiger charge is -2.44. The summed E-state index contributed by atoms with van der Waals surface area (Å²) in [5.74, 6) is -4.05. The van der Waals surface area contributed by atoms with Crippen LogP contribution in [0.5, 0.6) is 0 Å². The van der Waals surface area contributed by atoms with Crippen LogP contribution in [0, 0.1) is 0 Å². The molecule has 1 aromatic heterocycles. The van der Waals surface area contributed by atoms with E-state index in [1.807, 2.05) is 0 Å². The number of carboxylic acid groups (broad SMARTS) is 1. The Morgan fingerprint density at radius 3 is 2.16 bits per heavy atom. The number of carbonyl (C=O) groups excluding carboxylic acids is 4. The number of aromatic nitrogens is 3. The Morgan fingerprint density at radius 2 is 1.68 bits per heavy atom. The molecule has 0 radical (unpaired) electrons. The van der Waals surface area contributed by atoms with Gasteiger partial charge in [-0.2, -0.15) is 0 Å². The van der Waals surface area contributed by atoms with Gasteiger partial charge in [-0.15, -0.1) is 5.10 Å². The van der Waals surface area contributed by atoms with E-state index in [9.17, 15) is 24.0 Å². The maximum Gasteiger partial charge on any atom is 0.358 e. The van der Waals surface area contributed by atoms with Gasteiger partial charge in [0.2, 0.25) is 5.91 Å². The minimum absolute atomic E-state index is 0.394. The van der Waals surface area contributed by atoms with Crippen LogP contribution >= 0.6 is 0 Å². The Labute approximate surface area is 175 Å². The molecule has 1 aliphatic rings. The number of hydrogen-bond donors (Lipinski definition) is 2. The fourth-order valence-corrected chi connectivity index (χ4v) is 3.03. The molecular formula is C17H22N4O10. The SMILES string of the molecule is CC(=O)N[C@@H]1[C@@H](OC(C)=O)[C@H](OC(C)=O)[C@@H](COC(C)=O)O[C@H]1n1cc(C(=O)O)nn1. The number of nitrogens with one attached hydrogen (secondary N) is 1. The maximum atomic E-state index is 11.8. The third-order valence-electron chi connectivity index (χ3n) is 4.08. The van der Waals surface area contributed by atoms with Gasteiger partial charge in [-0.1, -0.05) is 5.21 Å². The van der Waals surface area contributed by atoms with Crippen molar-refractivity contribution in [3.8, 4) is 0 Å². The van der Waals surface area contributed by atoms with Crippen LogP contribution in [-0.2, 0) is 38.1 Å². The molecule has 2 heterocycles. The van der Waals surface area contributed by atoms with Crippen molar-refractivity contribution in [3.63, 3.8) is 0 Å². The van der Waals surface area contributed by atoms with Gasteiger partial charge in [0.1, 0.15) is 18.8 Å². The van der Waals surface area contributed by atoms with Gasteiger partial charge in [0, 0.05) is 27.7 Å². The van der Waals surface area contributed by atoms with Crippen LogP contribution in [0.2, 0.25) is 0 Å². The van der Waals surface area contributed by atoms with Gasteiger partial charge < -0.3 is 29.4 Å². The zero-order chi connectivity index (χ0) is 23.3. The summed E-state index contributed by atoms with van der Waals surface area (Å²) in [5.41, 5.74) is -0.409. The van der Waals surface area contributed by atoms with E-state index in [-0.39, 0.29) is 0 Å². The highest BCUT2D eigenvalue weighted by Crippen LogP contribution is 2.32. The van der Waals surface area contributed by atoms with E-state index >= 15 is 0 Å². The van der Waals surface area contributed by atoms with Crippen LogP contribution in [-0.4, -0.2) is 80.8 Å². The molecule has 1 fully saturated rings. The number of esters is 3. The molecule has 0 bridgehead atoms. The quantitative estimate of drug-likeness (QED) is 0.380. The molecule has 1 amide bonds. The van der Waals surface area contributed by atoms with E-state index in [1.54, 1.807) is 0 Å². The Hall–Kier alpha value is -3.55. The molecule has 0 spiro atoms. The van der Waals surface area contributed by atoms with Gasteiger partial charge in [0.05, 0.1) is 6.20 Å². The molecule has 1 saturated heterocycles. The second-order valence-electron chi connectivity index (χ2n) is 6.63. The van der Waals surface area contributed by atoms with Gasteiger partial charge in [-0.3, -0.25) is 19.2 Å². The summed E-state index contributed by atoms with van der Waals surface area (Å²) in [4.78, 5) is 57.7. The maximum absolute atomic E-state index is 11.8. The van der Waals surface area contributed by atoms with Crippen molar-refractivity contribution in [1.82, 2.24) is 20.3 Å². The summed E-state index contributed by atoms with van der Waals surface area (Å²) in [6.45, 7) is 4.18. The van der Waals surface area contributed by atoms with Crippen LogP contribution in [0.3, 0.4) is 0 Å². The molecule has 170 valence electrons. The van der Waals surface area contributed by atoms with E-state index in [2.05, 4.69) is 15.6 Å². The summed E-state index contributed by atoms with van der Waals surface area (Å²) in [5, 5.41) is 18.8. The summed E-state index contributed by atoms with van der Waals surface area (Å²) < 4.78 is 22.4. The van der Waals surface area contributed by atoms with Crippen LogP contribution in [0.25, 0.3) is 0 Å². The number of ether oxygens (including phenoxy) is 4. The molecule has 14 nitrogen and oxygen atoms in total. The van der Waals surface area contributed by atoms with Crippen molar-refractivity contribution >= 4 is 29.8 Å². The summed E-state index contributed by atoms with van der Waals surface area (Å²) in [7, 11) is 0. The van der Waals surface area contributed by atoms with Crippen molar-refractivity contribution in [3.05, 3.63) is 11.9 Å².